The van der Waals surface area contributed by atoms with Crippen molar-refractivity contribution in [2.45, 2.75) is 6.92 Å². The van der Waals surface area contributed by atoms with Crippen molar-refractivity contribution in [3.8, 4) is 0 Å². The van der Waals surface area contributed by atoms with Gasteiger partial charge in [0.2, 0.25) is 0 Å². The number of hydrogen-bond acceptors (Lipinski definition) is 4. The van der Waals surface area contributed by atoms with Crippen LogP contribution < -0.4 is 10.5 Å². The van der Waals surface area contributed by atoms with Crippen molar-refractivity contribution in [2.75, 3.05) is 24.6 Å². The fraction of sp³-hybridized carbons (Fsp3) is 0.375. The van der Waals surface area contributed by atoms with Gasteiger partial charge in [-0.15, -0.1) is 0 Å². The Hall–Kier alpha value is -1.34. The van der Waals surface area contributed by atoms with Gasteiger partial charge in [-0.3, -0.25) is 4.72 Å². The zero-order chi connectivity index (χ0) is 11.6. The molecule has 0 aromatic carbocycles. The Morgan fingerprint density at radius 2 is 2.07 bits per heavy atom. The van der Waals surface area contributed by atoms with Crippen molar-refractivity contribution >= 4 is 21.7 Å². The summed E-state index contributed by atoms with van der Waals surface area (Å²) in [6.45, 7) is 1.78. The molecule has 1 rings (SSSR count). The predicted molar refractivity (Wildman–Crippen MR) is 59.6 cm³/mol. The number of nitrogens with two attached hydrogens (primary N) is 1. The van der Waals surface area contributed by atoms with Crippen LogP contribution >= 0.6 is 0 Å². The first-order chi connectivity index (χ1) is 6.83. The predicted octanol–water partition coefficient (Wildman–Crippen LogP) is 0.191. The summed E-state index contributed by atoms with van der Waals surface area (Å²) in [6.07, 6.45) is 1.42. The van der Waals surface area contributed by atoms with Gasteiger partial charge in [-0.2, -0.15) is 12.7 Å². The highest BCUT2D eigenvalue weighted by atomic mass is 32.2. The Bertz CT molecular complexity index is 456. The molecule has 1 aromatic heterocycles. The number of aryl methyl sites for hydroxylation is 1. The van der Waals surface area contributed by atoms with E-state index in [1.165, 1.54) is 20.3 Å². The molecule has 3 N–H and O–H groups in total. The van der Waals surface area contributed by atoms with Gasteiger partial charge in [-0.25, -0.2) is 4.98 Å². The monoisotopic (exact) mass is 230 g/mol. The van der Waals surface area contributed by atoms with E-state index >= 15 is 0 Å². The van der Waals surface area contributed by atoms with Crippen molar-refractivity contribution in [1.82, 2.24) is 9.29 Å². The molecule has 0 saturated heterocycles. The lowest BCUT2D eigenvalue weighted by Gasteiger charge is -2.13. The van der Waals surface area contributed by atoms with E-state index in [4.69, 9.17) is 5.73 Å². The molecular weight excluding hydrogens is 216 g/mol. The lowest BCUT2D eigenvalue weighted by atomic mass is 10.2. The minimum Gasteiger partial charge on any atom is -0.397 e. The molecule has 0 spiro atoms. The average Bonchev–Trinajstić information content (AvgIpc) is 2.10. The summed E-state index contributed by atoms with van der Waals surface area (Å²) < 4.78 is 26.3. The van der Waals surface area contributed by atoms with E-state index in [9.17, 15) is 8.42 Å². The van der Waals surface area contributed by atoms with E-state index in [1.807, 2.05) is 0 Å². The van der Waals surface area contributed by atoms with Crippen LogP contribution in [0.2, 0.25) is 0 Å². The number of hydrogen-bond donors (Lipinski definition) is 2. The van der Waals surface area contributed by atoms with E-state index < -0.39 is 10.2 Å². The first kappa shape index (κ1) is 11.7. The molecule has 84 valence electrons. The Labute approximate surface area is 89.3 Å². The Morgan fingerprint density at radius 1 is 1.47 bits per heavy atom. The molecule has 15 heavy (non-hydrogen) atoms. The summed E-state index contributed by atoms with van der Waals surface area (Å²) in [5.41, 5.74) is 6.87. The van der Waals surface area contributed by atoms with Gasteiger partial charge in [0.05, 0.1) is 11.9 Å². The van der Waals surface area contributed by atoms with Gasteiger partial charge in [0.1, 0.15) is 5.82 Å². The maximum absolute atomic E-state index is 11.4. The van der Waals surface area contributed by atoms with E-state index in [0.717, 1.165) is 9.87 Å². The van der Waals surface area contributed by atoms with E-state index in [-0.39, 0.29) is 5.82 Å². The molecule has 0 aliphatic rings. The first-order valence-electron chi connectivity index (χ1n) is 4.25. The average molecular weight is 230 g/mol. The molecular formula is C8H14N4O2S. The second kappa shape index (κ2) is 4.03. The zero-order valence-electron chi connectivity index (χ0n) is 8.85. The fourth-order valence-electron chi connectivity index (χ4n) is 0.846. The van der Waals surface area contributed by atoms with Crippen molar-refractivity contribution in [3.05, 3.63) is 17.8 Å². The quantitative estimate of drug-likeness (QED) is 0.776. The molecule has 0 bridgehead atoms. The van der Waals surface area contributed by atoms with E-state index in [0.29, 0.717) is 5.69 Å². The van der Waals surface area contributed by atoms with Gasteiger partial charge in [0.15, 0.2) is 0 Å². The molecule has 6 nitrogen and oxygen atoms in total. The number of rotatable bonds is 3. The highest BCUT2D eigenvalue weighted by Gasteiger charge is 2.13. The molecule has 0 atom stereocenters. The lowest BCUT2D eigenvalue weighted by molar-refractivity contribution is 0.526. The summed E-state index contributed by atoms with van der Waals surface area (Å²) in [5, 5.41) is 0. The molecule has 0 radical (unpaired) electrons. The minimum atomic E-state index is -3.50. The normalized spacial score (nSPS) is 11.7. The Balaban J connectivity index is 2.96. The maximum atomic E-state index is 11.4. The van der Waals surface area contributed by atoms with Crippen LogP contribution in [0.5, 0.6) is 0 Å². The van der Waals surface area contributed by atoms with Gasteiger partial charge in [0, 0.05) is 14.1 Å². The van der Waals surface area contributed by atoms with Crippen LogP contribution in [0.4, 0.5) is 11.5 Å². The number of pyridine rings is 1. The van der Waals surface area contributed by atoms with Crippen LogP contribution in [-0.2, 0) is 10.2 Å². The summed E-state index contributed by atoms with van der Waals surface area (Å²) in [7, 11) is -0.627. The van der Waals surface area contributed by atoms with Crippen molar-refractivity contribution < 1.29 is 8.42 Å². The van der Waals surface area contributed by atoms with Crippen LogP contribution in [0.1, 0.15) is 5.56 Å². The summed E-state index contributed by atoms with van der Waals surface area (Å²) in [6, 6.07) is 1.58. The molecule has 0 fully saturated rings. The third kappa shape index (κ3) is 2.80. The number of anilines is 2. The highest BCUT2D eigenvalue weighted by molar-refractivity contribution is 7.90. The second-order valence-corrected chi connectivity index (χ2v) is 5.20. The standard InChI is InChI=1S/C8H14N4O2S/c1-6-4-8(10-5-7(6)9)11-15(13,14)12(2)3/h4-5H,9H2,1-3H3,(H,10,11). The lowest BCUT2D eigenvalue weighted by Crippen LogP contribution is -2.29. The number of aromatic nitrogens is 1. The molecule has 0 unspecified atom stereocenters. The second-order valence-electron chi connectivity index (χ2n) is 3.32. The van der Waals surface area contributed by atoms with Crippen LogP contribution in [0.15, 0.2) is 12.3 Å². The molecule has 0 aliphatic heterocycles. The fourth-order valence-corrected chi connectivity index (χ4v) is 1.40. The highest BCUT2D eigenvalue weighted by Crippen LogP contribution is 2.14. The van der Waals surface area contributed by atoms with Crippen molar-refractivity contribution in [2.24, 2.45) is 0 Å². The van der Waals surface area contributed by atoms with E-state index in [2.05, 4.69) is 9.71 Å². The van der Waals surface area contributed by atoms with Gasteiger partial charge in [-0.1, -0.05) is 0 Å². The van der Waals surface area contributed by atoms with Crippen molar-refractivity contribution in [3.63, 3.8) is 0 Å². The van der Waals surface area contributed by atoms with Gasteiger partial charge in [0.25, 0.3) is 0 Å². The summed E-state index contributed by atoms with van der Waals surface area (Å²) in [5.74, 6) is 0.260. The van der Waals surface area contributed by atoms with Gasteiger partial charge >= 0.3 is 10.2 Å². The summed E-state index contributed by atoms with van der Waals surface area (Å²) in [4.78, 5) is 3.86. The molecule has 1 aromatic rings. The number of nitrogens with zero attached hydrogens (tertiary/aromatic N) is 2. The minimum absolute atomic E-state index is 0.260. The zero-order valence-corrected chi connectivity index (χ0v) is 9.67. The first-order valence-corrected chi connectivity index (χ1v) is 5.69. The topological polar surface area (TPSA) is 88.3 Å². The molecule has 0 amide bonds. The molecule has 0 aliphatic carbocycles. The van der Waals surface area contributed by atoms with Gasteiger partial charge in [-0.05, 0) is 18.6 Å². The van der Waals surface area contributed by atoms with Crippen LogP contribution in [0, 0.1) is 6.92 Å². The smallest absolute Gasteiger partial charge is 0.302 e. The SMILES string of the molecule is Cc1cc(NS(=O)(=O)N(C)C)ncc1N. The van der Waals surface area contributed by atoms with Crippen LogP contribution in [-0.4, -0.2) is 31.8 Å². The van der Waals surface area contributed by atoms with Crippen LogP contribution in [0.25, 0.3) is 0 Å². The van der Waals surface area contributed by atoms with Gasteiger partial charge < -0.3 is 5.73 Å². The molecule has 0 saturated carbocycles. The summed E-state index contributed by atoms with van der Waals surface area (Å²) >= 11 is 0. The van der Waals surface area contributed by atoms with Crippen LogP contribution in [0.3, 0.4) is 0 Å². The number of nitrogens with one attached hydrogen (secondary N) is 1. The van der Waals surface area contributed by atoms with Crippen molar-refractivity contribution in [1.29, 1.82) is 0 Å². The molecule has 7 heteroatoms. The Kier molecular flexibility index (Phi) is 3.15. The Morgan fingerprint density at radius 3 is 2.53 bits per heavy atom. The third-order valence-corrected chi connectivity index (χ3v) is 3.29. The van der Waals surface area contributed by atoms with E-state index in [1.54, 1.807) is 13.0 Å². The number of nitrogen functional groups attached to an aromatic ring is 1. The molecule has 1 heterocycles. The largest absolute Gasteiger partial charge is 0.397 e. The maximum Gasteiger partial charge on any atom is 0.302 e. The third-order valence-electron chi connectivity index (χ3n) is 1.87.